The van der Waals surface area contributed by atoms with Crippen LogP contribution in [0, 0.1) is 10.1 Å². The van der Waals surface area contributed by atoms with E-state index in [4.69, 9.17) is 4.74 Å². The largest absolute Gasteiger partial charge is 0.469 e. The highest BCUT2D eigenvalue weighted by molar-refractivity contribution is 5.93. The molecule has 0 heterocycles. The molecule has 0 saturated carbocycles. The summed E-state index contributed by atoms with van der Waals surface area (Å²) in [4.78, 5) is 34.8. The molecular formula is C18H23NO6. The van der Waals surface area contributed by atoms with Crippen molar-refractivity contribution in [3.05, 3.63) is 51.6 Å². The highest BCUT2D eigenvalue weighted by Crippen LogP contribution is 2.31. The van der Waals surface area contributed by atoms with Gasteiger partial charge in [-0.05, 0) is 11.6 Å². The second kappa shape index (κ2) is 9.56. The lowest BCUT2D eigenvalue weighted by Crippen LogP contribution is -2.39. The van der Waals surface area contributed by atoms with Crippen LogP contribution in [-0.4, -0.2) is 36.6 Å². The molecule has 0 bridgehead atoms. The fourth-order valence-electron chi connectivity index (χ4n) is 2.53. The first-order chi connectivity index (χ1) is 11.9. The van der Waals surface area contributed by atoms with Crippen LogP contribution < -0.4 is 0 Å². The Bertz CT molecular complexity index is 640. The van der Waals surface area contributed by atoms with Crippen molar-refractivity contribution in [2.75, 3.05) is 14.2 Å². The van der Waals surface area contributed by atoms with Crippen molar-refractivity contribution in [2.24, 2.45) is 0 Å². The van der Waals surface area contributed by atoms with E-state index in [1.54, 1.807) is 37.3 Å². The molecule has 1 aromatic rings. The van der Waals surface area contributed by atoms with Crippen molar-refractivity contribution >= 4 is 18.0 Å². The minimum absolute atomic E-state index is 0.0215. The number of rotatable bonds is 9. The molecule has 0 saturated heterocycles. The van der Waals surface area contributed by atoms with Gasteiger partial charge in [0.05, 0.1) is 27.1 Å². The lowest BCUT2D eigenvalue weighted by molar-refractivity contribution is -0.571. The van der Waals surface area contributed by atoms with Crippen molar-refractivity contribution in [1.82, 2.24) is 0 Å². The number of benzene rings is 1. The Morgan fingerprint density at radius 1 is 1.20 bits per heavy atom. The van der Waals surface area contributed by atoms with E-state index in [1.807, 2.05) is 6.07 Å². The van der Waals surface area contributed by atoms with Gasteiger partial charge in [-0.2, -0.15) is 0 Å². The molecule has 1 atom stereocenters. The van der Waals surface area contributed by atoms with E-state index in [1.165, 1.54) is 14.2 Å². The number of methoxy groups -OCH3 is 2. The maximum Gasteiger partial charge on any atom is 0.334 e. The van der Waals surface area contributed by atoms with Gasteiger partial charge in [-0.1, -0.05) is 37.3 Å². The van der Waals surface area contributed by atoms with E-state index in [0.717, 1.165) is 5.56 Å². The van der Waals surface area contributed by atoms with E-state index in [2.05, 4.69) is 4.74 Å². The summed E-state index contributed by atoms with van der Waals surface area (Å²) in [6, 6.07) is 9.02. The van der Waals surface area contributed by atoms with Crippen molar-refractivity contribution < 1.29 is 24.0 Å². The van der Waals surface area contributed by atoms with Crippen molar-refractivity contribution in [2.45, 2.75) is 38.1 Å². The molecule has 7 nitrogen and oxygen atoms in total. The molecule has 0 radical (unpaired) electrons. The normalized spacial score (nSPS) is 13.6. The van der Waals surface area contributed by atoms with E-state index >= 15 is 0 Å². The van der Waals surface area contributed by atoms with Crippen LogP contribution in [0.25, 0.3) is 6.08 Å². The fraction of sp³-hybridized carbons (Fsp3) is 0.444. The number of ether oxygens (including phenoxy) is 2. The second-order valence-corrected chi connectivity index (χ2v) is 5.66. The Morgan fingerprint density at radius 3 is 2.32 bits per heavy atom. The van der Waals surface area contributed by atoms with E-state index < -0.39 is 22.4 Å². The number of carbonyl (C=O) groups excluding carboxylic acids is 2. The number of hydrogen-bond donors (Lipinski definition) is 0. The maximum absolute atomic E-state index is 12.1. The molecule has 25 heavy (non-hydrogen) atoms. The summed E-state index contributed by atoms with van der Waals surface area (Å²) in [5.41, 5.74) is -0.510. The summed E-state index contributed by atoms with van der Waals surface area (Å²) in [5.74, 6) is -1.15. The van der Waals surface area contributed by atoms with E-state index in [0.29, 0.717) is 0 Å². The predicted molar refractivity (Wildman–Crippen MR) is 92.3 cm³/mol. The van der Waals surface area contributed by atoms with Gasteiger partial charge in [0, 0.05) is 23.3 Å². The summed E-state index contributed by atoms with van der Waals surface area (Å²) in [6.45, 7) is 1.66. The number of nitrogens with zero attached hydrogens (tertiary/aromatic N) is 1. The van der Waals surface area contributed by atoms with Crippen molar-refractivity contribution in [3.63, 3.8) is 0 Å². The van der Waals surface area contributed by atoms with Crippen LogP contribution >= 0.6 is 0 Å². The number of esters is 2. The minimum atomic E-state index is -1.44. The van der Waals surface area contributed by atoms with Gasteiger partial charge < -0.3 is 9.47 Å². The molecule has 0 spiro atoms. The molecule has 1 aromatic carbocycles. The predicted octanol–water partition coefficient (Wildman–Crippen LogP) is 3.01. The Balaban J connectivity index is 3.18. The summed E-state index contributed by atoms with van der Waals surface area (Å²) in [5, 5.41) is 11.7. The smallest absolute Gasteiger partial charge is 0.334 e. The number of hydrogen-bond acceptors (Lipinski definition) is 6. The molecule has 0 aromatic heterocycles. The Hall–Kier alpha value is -2.70. The van der Waals surface area contributed by atoms with Gasteiger partial charge in [0.15, 0.2) is 0 Å². The highest BCUT2D eigenvalue weighted by Gasteiger charge is 2.43. The zero-order chi connectivity index (χ0) is 18.9. The Labute approximate surface area is 146 Å². The van der Waals surface area contributed by atoms with Gasteiger partial charge in [-0.3, -0.25) is 14.9 Å². The third-order valence-corrected chi connectivity index (χ3v) is 4.18. The van der Waals surface area contributed by atoms with Gasteiger partial charge in [-0.15, -0.1) is 0 Å². The molecule has 0 aliphatic carbocycles. The van der Waals surface area contributed by atoms with Gasteiger partial charge in [0.25, 0.3) is 0 Å². The first kappa shape index (κ1) is 20.3. The molecule has 0 fully saturated rings. The van der Waals surface area contributed by atoms with Gasteiger partial charge in [0.2, 0.25) is 5.54 Å². The number of nitro groups is 1. The average Bonchev–Trinajstić information content (AvgIpc) is 2.63. The van der Waals surface area contributed by atoms with Crippen LogP contribution in [0.3, 0.4) is 0 Å². The first-order valence-corrected chi connectivity index (χ1v) is 7.93. The van der Waals surface area contributed by atoms with Crippen molar-refractivity contribution in [1.29, 1.82) is 0 Å². The standard InChI is InChI=1S/C18H23NO6/c1-4-18(19(22)23,11-10-16(20)24-2)13-15(17(21)25-3)12-14-8-6-5-7-9-14/h5-9,12H,4,10-11,13H2,1-3H3/b15-12+. The third kappa shape index (κ3) is 5.70. The third-order valence-electron chi connectivity index (χ3n) is 4.18. The summed E-state index contributed by atoms with van der Waals surface area (Å²) >= 11 is 0. The van der Waals surface area contributed by atoms with Crippen LogP contribution in [0.5, 0.6) is 0 Å². The molecule has 1 unspecified atom stereocenters. The fourth-order valence-corrected chi connectivity index (χ4v) is 2.53. The molecule has 136 valence electrons. The second-order valence-electron chi connectivity index (χ2n) is 5.66. The van der Waals surface area contributed by atoms with Gasteiger partial charge in [0.1, 0.15) is 0 Å². The molecule has 0 N–H and O–H groups in total. The highest BCUT2D eigenvalue weighted by atomic mass is 16.6. The average molecular weight is 349 g/mol. The van der Waals surface area contributed by atoms with E-state index in [-0.39, 0.29) is 31.3 Å². The quantitative estimate of drug-likeness (QED) is 0.294. The molecule has 0 amide bonds. The zero-order valence-corrected chi connectivity index (χ0v) is 14.7. The SMILES string of the molecule is CCC(CCC(=O)OC)(C/C(=C\c1ccccc1)C(=O)OC)[N+](=O)[O-]. The first-order valence-electron chi connectivity index (χ1n) is 7.93. The lowest BCUT2D eigenvalue weighted by atomic mass is 9.84. The van der Waals surface area contributed by atoms with Crippen LogP contribution in [0.1, 0.15) is 38.2 Å². The molecular weight excluding hydrogens is 326 g/mol. The van der Waals surface area contributed by atoms with Crippen LogP contribution in [0.4, 0.5) is 0 Å². The summed E-state index contributed by atoms with van der Waals surface area (Å²) in [7, 11) is 2.46. The van der Waals surface area contributed by atoms with Crippen LogP contribution in [-0.2, 0) is 19.1 Å². The molecule has 7 heteroatoms. The molecule has 1 rings (SSSR count). The zero-order valence-electron chi connectivity index (χ0n) is 14.7. The van der Waals surface area contributed by atoms with Crippen LogP contribution in [0.2, 0.25) is 0 Å². The van der Waals surface area contributed by atoms with E-state index in [9.17, 15) is 19.7 Å². The van der Waals surface area contributed by atoms with Crippen molar-refractivity contribution in [3.8, 4) is 0 Å². The topological polar surface area (TPSA) is 95.7 Å². The minimum Gasteiger partial charge on any atom is -0.469 e. The van der Waals surface area contributed by atoms with Gasteiger partial charge >= 0.3 is 11.9 Å². The Morgan fingerprint density at radius 2 is 1.84 bits per heavy atom. The molecule has 0 aliphatic heterocycles. The van der Waals surface area contributed by atoms with Gasteiger partial charge in [-0.25, -0.2) is 4.79 Å². The maximum atomic E-state index is 12.1. The monoisotopic (exact) mass is 349 g/mol. The number of carbonyl (C=O) groups is 2. The summed E-state index contributed by atoms with van der Waals surface area (Å²) in [6.07, 6.45) is 1.50. The Kier molecular flexibility index (Phi) is 7.78. The summed E-state index contributed by atoms with van der Waals surface area (Å²) < 4.78 is 9.35. The lowest BCUT2D eigenvalue weighted by Gasteiger charge is -2.24. The molecule has 0 aliphatic rings. The van der Waals surface area contributed by atoms with Crippen LogP contribution in [0.15, 0.2) is 35.9 Å².